The molecule has 0 radical (unpaired) electrons. The van der Waals surface area contributed by atoms with Gasteiger partial charge < -0.3 is 33.9 Å². The standard InChI is InChI=1S/C50H64N4O8/c1-9-32-23-33-26-49(46(57)60-8,42-35(16-20-53(27-32)28-33)34-14-11-12-15-38(34)51-42)37-24-36-39(25-40(37)59-7)52(6)44-48(36)18-21-54-19-13-17-47(10-2,43(48)54)45(62-31(5)55)50(44,58)29-61-41(56)22-30(3)4/h11-15,17,23-25,30,33,43-45,51,58H,9-10,16,18-22,26-29H2,1-8H3/t33-,43?,44+,45+,47+,48+,49-,50-/m0/s1. The quantitative estimate of drug-likeness (QED) is 0.137. The van der Waals surface area contributed by atoms with Crippen molar-refractivity contribution in [1.29, 1.82) is 0 Å². The van der Waals surface area contributed by atoms with Gasteiger partial charge in [0, 0.05) is 97.4 Å². The predicted molar refractivity (Wildman–Crippen MR) is 237 cm³/mol. The lowest BCUT2D eigenvalue weighted by Gasteiger charge is -2.64. The number of aliphatic hydroxyl groups is 1. The second kappa shape index (κ2) is 15.6. The van der Waals surface area contributed by atoms with Crippen molar-refractivity contribution >= 4 is 34.5 Å². The number of likely N-dealkylation sites (N-methyl/N-ethyl adjacent to an activating group) is 1. The van der Waals surface area contributed by atoms with Gasteiger partial charge in [-0.1, -0.05) is 69.7 Å². The summed E-state index contributed by atoms with van der Waals surface area (Å²) in [6.45, 7) is 13.2. The fourth-order valence-electron chi connectivity index (χ4n) is 13.6. The normalized spacial score (nSPS) is 33.4. The average molecular weight is 849 g/mol. The lowest BCUT2D eigenvalue weighted by atomic mass is 9.47. The van der Waals surface area contributed by atoms with E-state index >= 15 is 4.79 Å². The first kappa shape index (κ1) is 42.6. The zero-order valence-corrected chi connectivity index (χ0v) is 37.7. The molecule has 0 amide bonds. The molecule has 2 bridgehead atoms. The molecule has 1 aliphatic carbocycles. The number of methoxy groups -OCH3 is 2. The molecule has 12 heteroatoms. The van der Waals surface area contributed by atoms with Crippen LogP contribution < -0.4 is 9.64 Å². The molecule has 332 valence electrons. The highest BCUT2D eigenvalue weighted by Gasteiger charge is 2.78. The minimum atomic E-state index is -1.85. The van der Waals surface area contributed by atoms with Gasteiger partial charge in [-0.05, 0) is 73.7 Å². The summed E-state index contributed by atoms with van der Waals surface area (Å²) >= 11 is 0. The molecule has 12 nitrogen and oxygen atoms in total. The molecule has 2 fully saturated rings. The van der Waals surface area contributed by atoms with Crippen LogP contribution in [-0.4, -0.2) is 122 Å². The summed E-state index contributed by atoms with van der Waals surface area (Å²) in [7, 11) is 5.11. The van der Waals surface area contributed by atoms with Crippen molar-refractivity contribution in [2.75, 3.05) is 65.5 Å². The number of aromatic amines is 1. The summed E-state index contributed by atoms with van der Waals surface area (Å²) in [6, 6.07) is 11.6. The van der Waals surface area contributed by atoms with Gasteiger partial charge in [-0.25, -0.2) is 0 Å². The van der Waals surface area contributed by atoms with Crippen LogP contribution in [0.2, 0.25) is 0 Å². The van der Waals surface area contributed by atoms with Crippen molar-refractivity contribution in [2.24, 2.45) is 17.3 Å². The second-order valence-electron chi connectivity index (χ2n) is 19.4. The lowest BCUT2D eigenvalue weighted by molar-refractivity contribution is -0.232. The molecule has 1 saturated carbocycles. The van der Waals surface area contributed by atoms with E-state index < -0.39 is 45.9 Å². The molecule has 62 heavy (non-hydrogen) atoms. The molecule has 1 spiro atoms. The minimum Gasteiger partial charge on any atom is -0.496 e. The zero-order valence-electron chi connectivity index (χ0n) is 37.7. The second-order valence-corrected chi connectivity index (χ2v) is 19.4. The molecular formula is C50H64N4O8. The van der Waals surface area contributed by atoms with E-state index in [0.717, 1.165) is 72.4 Å². The molecule has 9 rings (SSSR count). The van der Waals surface area contributed by atoms with Gasteiger partial charge in [0.15, 0.2) is 5.60 Å². The number of aromatic nitrogens is 1. The number of para-hydroxylation sites is 1. The highest BCUT2D eigenvalue weighted by molar-refractivity contribution is 5.94. The summed E-state index contributed by atoms with van der Waals surface area (Å²) in [5.74, 6) is -0.665. The number of rotatable bonds is 10. The Morgan fingerprint density at radius 1 is 1.05 bits per heavy atom. The number of anilines is 1. The van der Waals surface area contributed by atoms with Gasteiger partial charge in [0.2, 0.25) is 0 Å². The van der Waals surface area contributed by atoms with Gasteiger partial charge in [-0.2, -0.15) is 0 Å². The maximum atomic E-state index is 15.4. The predicted octanol–water partition coefficient (Wildman–Crippen LogP) is 6.21. The molecule has 6 aliphatic rings. The molecule has 2 N–H and O–H groups in total. The Morgan fingerprint density at radius 2 is 1.84 bits per heavy atom. The van der Waals surface area contributed by atoms with Crippen LogP contribution in [0.4, 0.5) is 5.69 Å². The third-order valence-corrected chi connectivity index (χ3v) is 15.7. The molecule has 6 heterocycles. The van der Waals surface area contributed by atoms with E-state index in [1.165, 1.54) is 19.6 Å². The first-order valence-corrected chi connectivity index (χ1v) is 22.8. The molecule has 2 unspecified atom stereocenters. The number of hydrogen-bond donors (Lipinski definition) is 2. The fourth-order valence-corrected chi connectivity index (χ4v) is 13.6. The first-order valence-electron chi connectivity index (χ1n) is 22.8. The molecular weight excluding hydrogens is 785 g/mol. The number of ether oxygens (including phenoxy) is 4. The monoisotopic (exact) mass is 848 g/mol. The number of fused-ring (bicyclic) bond motifs is 6. The van der Waals surface area contributed by atoms with E-state index in [9.17, 15) is 14.7 Å². The number of nitrogens with zero attached hydrogens (tertiary/aromatic N) is 3. The highest BCUT2D eigenvalue weighted by Crippen LogP contribution is 2.68. The maximum Gasteiger partial charge on any atom is 0.322 e. The molecule has 1 saturated heterocycles. The largest absolute Gasteiger partial charge is 0.496 e. The van der Waals surface area contributed by atoms with Crippen LogP contribution in [0.15, 0.2) is 60.2 Å². The van der Waals surface area contributed by atoms with Crippen LogP contribution in [0.25, 0.3) is 10.9 Å². The van der Waals surface area contributed by atoms with E-state index in [1.807, 2.05) is 33.0 Å². The van der Waals surface area contributed by atoms with Crippen LogP contribution in [0.3, 0.4) is 0 Å². The van der Waals surface area contributed by atoms with E-state index in [4.69, 9.17) is 18.9 Å². The SMILES string of the molecule is CCC1=C[C@@H]2CN(CCc3c([nH]c4ccccc34)[C@@](C(=O)OC)(c3cc4c(cc3OC)N(C)[C@H]3[C@@](O)(COC(=O)CC(C)C)[C@H](OC(C)=O)[C@]5(CC)C=CCN6CC[C@]43C65)C2)C1. The van der Waals surface area contributed by atoms with Crippen molar-refractivity contribution < 1.29 is 38.4 Å². The van der Waals surface area contributed by atoms with Gasteiger partial charge in [-0.15, -0.1) is 0 Å². The van der Waals surface area contributed by atoms with Crippen LogP contribution in [0, 0.1) is 17.3 Å². The van der Waals surface area contributed by atoms with E-state index in [0.29, 0.717) is 37.1 Å². The van der Waals surface area contributed by atoms with Crippen LogP contribution in [0.5, 0.6) is 5.75 Å². The van der Waals surface area contributed by atoms with Crippen molar-refractivity contribution in [1.82, 2.24) is 14.8 Å². The first-order chi connectivity index (χ1) is 29.7. The van der Waals surface area contributed by atoms with Crippen LogP contribution in [0.1, 0.15) is 89.1 Å². The van der Waals surface area contributed by atoms with E-state index in [-0.39, 0.29) is 36.9 Å². The number of hydrogen-bond acceptors (Lipinski definition) is 11. The van der Waals surface area contributed by atoms with Gasteiger partial charge >= 0.3 is 17.9 Å². The van der Waals surface area contributed by atoms with Gasteiger partial charge in [0.1, 0.15) is 23.9 Å². The number of H-pyrrole nitrogens is 1. The summed E-state index contributed by atoms with van der Waals surface area (Å²) in [6.07, 6.45) is 9.17. The van der Waals surface area contributed by atoms with Gasteiger partial charge in [-0.3, -0.25) is 24.2 Å². The highest BCUT2D eigenvalue weighted by atomic mass is 16.6. The van der Waals surface area contributed by atoms with E-state index in [2.05, 4.69) is 76.0 Å². The molecule has 9 atom stereocenters. The number of carbonyl (C=O) groups is 3. The van der Waals surface area contributed by atoms with Crippen molar-refractivity contribution in [3.8, 4) is 5.75 Å². The van der Waals surface area contributed by atoms with E-state index in [1.54, 1.807) is 7.11 Å². The Morgan fingerprint density at radius 3 is 2.55 bits per heavy atom. The van der Waals surface area contributed by atoms with Gasteiger partial charge in [0.25, 0.3) is 0 Å². The third-order valence-electron chi connectivity index (χ3n) is 15.7. The molecule has 3 aromatic rings. The summed E-state index contributed by atoms with van der Waals surface area (Å²) < 4.78 is 24.9. The smallest absolute Gasteiger partial charge is 0.322 e. The average Bonchev–Trinajstić information content (AvgIpc) is 3.92. The lowest BCUT2D eigenvalue weighted by Crippen LogP contribution is -2.80. The Bertz CT molecular complexity index is 2350. The van der Waals surface area contributed by atoms with Crippen molar-refractivity contribution in [3.63, 3.8) is 0 Å². The third kappa shape index (κ3) is 6.05. The maximum absolute atomic E-state index is 15.4. The van der Waals surface area contributed by atoms with Crippen LogP contribution in [-0.2, 0) is 45.8 Å². The molecule has 1 aromatic heterocycles. The van der Waals surface area contributed by atoms with Crippen LogP contribution >= 0.6 is 0 Å². The Labute approximate surface area is 365 Å². The van der Waals surface area contributed by atoms with Crippen molar-refractivity contribution in [3.05, 3.63) is 82.6 Å². The number of esters is 3. The Hall–Kier alpha value is -4.65. The number of benzene rings is 2. The number of carbonyl (C=O) groups excluding carboxylic acids is 3. The Balaban J connectivity index is 1.33. The zero-order chi connectivity index (χ0) is 43.9. The summed E-state index contributed by atoms with van der Waals surface area (Å²) in [5.41, 5.74) is 2.02. The molecule has 2 aromatic carbocycles. The number of nitrogens with one attached hydrogen (secondary N) is 1. The minimum absolute atomic E-state index is 0.0321. The topological polar surface area (TPSA) is 134 Å². The van der Waals surface area contributed by atoms with Crippen molar-refractivity contribution in [2.45, 2.75) is 108 Å². The van der Waals surface area contributed by atoms with Gasteiger partial charge in [0.05, 0.1) is 20.3 Å². The fraction of sp³-hybridized carbons (Fsp3) is 0.580. The Kier molecular flexibility index (Phi) is 10.7. The molecule has 5 aliphatic heterocycles. The summed E-state index contributed by atoms with van der Waals surface area (Å²) in [4.78, 5) is 52.9. The summed E-state index contributed by atoms with van der Waals surface area (Å²) in [5, 5.41) is 14.8.